The maximum Gasteiger partial charge on any atom is 0.414 e. The summed E-state index contributed by atoms with van der Waals surface area (Å²) in [4.78, 5) is 62.3. The van der Waals surface area contributed by atoms with Crippen LogP contribution in [0.2, 0.25) is 0 Å². The Kier molecular flexibility index (Phi) is 9.62. The first-order valence-electron chi connectivity index (χ1n) is 15.6. The molecule has 5 rings (SSSR count). The van der Waals surface area contributed by atoms with Gasteiger partial charge in [0.1, 0.15) is 34.0 Å². The number of rotatable bonds is 8. The van der Waals surface area contributed by atoms with Gasteiger partial charge in [0, 0.05) is 26.4 Å². The van der Waals surface area contributed by atoms with Crippen LogP contribution < -0.4 is 26.4 Å². The van der Waals surface area contributed by atoms with E-state index in [2.05, 4.69) is 31.1 Å². The third kappa shape index (κ3) is 8.14. The van der Waals surface area contributed by atoms with Crippen LogP contribution in [0.3, 0.4) is 0 Å². The molecule has 1 saturated carbocycles. The summed E-state index contributed by atoms with van der Waals surface area (Å²) in [5, 5.41) is 12.6. The van der Waals surface area contributed by atoms with E-state index in [9.17, 15) is 19.2 Å². The summed E-state index contributed by atoms with van der Waals surface area (Å²) >= 11 is 0. The van der Waals surface area contributed by atoms with Crippen molar-refractivity contribution >= 4 is 52.0 Å². The molecule has 3 amide bonds. The van der Waals surface area contributed by atoms with Gasteiger partial charge in [0.2, 0.25) is 5.76 Å². The second-order valence-corrected chi connectivity index (χ2v) is 13.5. The normalized spacial score (nSPS) is 16.0. The molecule has 0 bridgehead atoms. The fourth-order valence-electron chi connectivity index (χ4n) is 4.89. The van der Waals surface area contributed by atoms with Gasteiger partial charge in [-0.15, -0.1) is 0 Å². The minimum Gasteiger partial charge on any atom is -0.444 e. The monoisotopic (exact) mass is 676 g/mol. The quantitative estimate of drug-likeness (QED) is 0.223. The molecule has 3 N–H and O–H groups in total. The van der Waals surface area contributed by atoms with Crippen LogP contribution >= 0.6 is 0 Å². The minimum atomic E-state index is -0.790. The number of ether oxygens (including phenoxy) is 3. The number of nitrogens with one attached hydrogen (secondary N) is 3. The number of nitrogens with zero attached hydrogens (tertiary/aromatic N) is 5. The highest BCUT2D eigenvalue weighted by Gasteiger charge is 2.34. The van der Waals surface area contributed by atoms with Crippen molar-refractivity contribution in [3.8, 4) is 5.82 Å². The van der Waals surface area contributed by atoms with E-state index in [1.807, 2.05) is 0 Å². The first kappa shape index (κ1) is 34.8. The molecule has 0 radical (unpaired) electrons. The predicted octanol–water partition coefficient (Wildman–Crippen LogP) is 5.14. The second-order valence-electron chi connectivity index (χ2n) is 13.5. The topological polar surface area (TPSA) is 192 Å². The number of anilines is 4. The fourth-order valence-corrected chi connectivity index (χ4v) is 4.89. The molecule has 0 unspecified atom stereocenters. The van der Waals surface area contributed by atoms with E-state index in [-0.39, 0.29) is 51.9 Å². The van der Waals surface area contributed by atoms with Crippen LogP contribution in [0.25, 0.3) is 16.9 Å². The van der Waals surface area contributed by atoms with Gasteiger partial charge in [-0.05, 0) is 78.6 Å². The maximum atomic E-state index is 13.6. The number of amides is 3. The van der Waals surface area contributed by atoms with Gasteiger partial charge in [0.25, 0.3) is 11.5 Å². The zero-order valence-corrected chi connectivity index (χ0v) is 28.6. The van der Waals surface area contributed by atoms with Crippen molar-refractivity contribution in [2.24, 2.45) is 0 Å². The van der Waals surface area contributed by atoms with Crippen LogP contribution in [0.15, 0.2) is 52.0 Å². The lowest BCUT2D eigenvalue weighted by Gasteiger charge is -2.35. The highest BCUT2D eigenvalue weighted by atomic mass is 16.6. The molecule has 0 spiro atoms. The van der Waals surface area contributed by atoms with Crippen LogP contribution in [0.5, 0.6) is 0 Å². The van der Waals surface area contributed by atoms with Crippen molar-refractivity contribution in [3.63, 3.8) is 0 Å². The van der Waals surface area contributed by atoms with Crippen LogP contribution in [-0.4, -0.2) is 75.3 Å². The Morgan fingerprint density at radius 1 is 1.02 bits per heavy atom. The largest absolute Gasteiger partial charge is 0.444 e. The molecular formula is C33H40N8O8. The van der Waals surface area contributed by atoms with E-state index < -0.39 is 34.9 Å². The lowest BCUT2D eigenvalue weighted by atomic mass is 9.89. The third-order valence-electron chi connectivity index (χ3n) is 7.33. The average molecular weight is 677 g/mol. The van der Waals surface area contributed by atoms with Crippen molar-refractivity contribution in [1.82, 2.24) is 25.0 Å². The molecule has 0 aliphatic heterocycles. The zero-order valence-electron chi connectivity index (χ0n) is 28.6. The molecule has 4 heterocycles. The summed E-state index contributed by atoms with van der Waals surface area (Å²) < 4.78 is 23.0. The molecule has 0 saturated heterocycles. The first-order valence-corrected chi connectivity index (χ1v) is 15.6. The molecule has 0 aromatic carbocycles. The highest BCUT2D eigenvalue weighted by Crippen LogP contribution is 2.32. The summed E-state index contributed by atoms with van der Waals surface area (Å²) in [5.74, 6) is -0.328. The number of hydrogen-bond donors (Lipinski definition) is 3. The van der Waals surface area contributed by atoms with Crippen LogP contribution in [0.4, 0.5) is 32.5 Å². The average Bonchev–Trinajstić information content (AvgIpc) is 3.42. The molecule has 2 atom stereocenters. The van der Waals surface area contributed by atoms with Gasteiger partial charge in [-0.1, -0.05) is 5.16 Å². The van der Waals surface area contributed by atoms with Gasteiger partial charge in [0.05, 0.1) is 29.7 Å². The molecule has 16 nitrogen and oxygen atoms in total. The van der Waals surface area contributed by atoms with Crippen molar-refractivity contribution in [2.45, 2.75) is 77.7 Å². The van der Waals surface area contributed by atoms with E-state index >= 15 is 0 Å². The van der Waals surface area contributed by atoms with Crippen LogP contribution in [0, 0.1) is 0 Å². The van der Waals surface area contributed by atoms with Gasteiger partial charge in [-0.3, -0.25) is 24.4 Å². The highest BCUT2D eigenvalue weighted by molar-refractivity contribution is 6.07. The number of hydrogen-bond acceptors (Lipinski definition) is 12. The van der Waals surface area contributed by atoms with Crippen molar-refractivity contribution in [2.75, 3.05) is 29.7 Å². The SMILES string of the molecule is CO[C@@H]1CC[C@H]1NC(=O)c1onc2c(N(C)C(=O)OC(C)(C)C)cc(Nc3cccn(-c4ccc(NC(=O)OC(C)(C)C)cn4)c3=O)nc12. The lowest BCUT2D eigenvalue weighted by molar-refractivity contribution is 0.00677. The first-order chi connectivity index (χ1) is 23.0. The number of methoxy groups -OCH3 is 1. The molecule has 4 aromatic heterocycles. The Bertz CT molecular complexity index is 1920. The summed E-state index contributed by atoms with van der Waals surface area (Å²) in [6.07, 6.45) is 3.04. The number of carbonyl (C=O) groups is 3. The predicted molar refractivity (Wildman–Crippen MR) is 181 cm³/mol. The number of aromatic nitrogens is 4. The van der Waals surface area contributed by atoms with Gasteiger partial charge in [-0.2, -0.15) is 0 Å². The van der Waals surface area contributed by atoms with Gasteiger partial charge in [-0.25, -0.2) is 19.6 Å². The minimum absolute atomic E-state index is 0.0622. The second kappa shape index (κ2) is 13.5. The van der Waals surface area contributed by atoms with E-state index in [1.165, 1.54) is 35.0 Å². The number of pyridine rings is 3. The Morgan fingerprint density at radius 3 is 2.37 bits per heavy atom. The molecule has 1 fully saturated rings. The summed E-state index contributed by atoms with van der Waals surface area (Å²) in [6.45, 7) is 10.5. The summed E-state index contributed by atoms with van der Waals surface area (Å²) in [7, 11) is 3.07. The van der Waals surface area contributed by atoms with Crippen LogP contribution in [0.1, 0.15) is 64.9 Å². The van der Waals surface area contributed by atoms with Gasteiger partial charge < -0.3 is 29.4 Å². The number of carbonyl (C=O) groups excluding carboxylic acids is 3. The molecule has 1 aliphatic carbocycles. The fraction of sp³-hybridized carbons (Fsp3) is 0.424. The van der Waals surface area contributed by atoms with Crippen molar-refractivity contribution < 1.29 is 33.1 Å². The molecule has 49 heavy (non-hydrogen) atoms. The van der Waals surface area contributed by atoms with Gasteiger partial charge >= 0.3 is 12.2 Å². The summed E-state index contributed by atoms with van der Waals surface area (Å²) in [6, 6.07) is 7.62. The van der Waals surface area contributed by atoms with E-state index in [1.54, 1.807) is 72.9 Å². The van der Waals surface area contributed by atoms with Crippen molar-refractivity contribution in [3.05, 3.63) is 58.8 Å². The Morgan fingerprint density at radius 2 is 1.76 bits per heavy atom. The number of fused-ring (bicyclic) bond motifs is 1. The van der Waals surface area contributed by atoms with E-state index in [0.29, 0.717) is 5.69 Å². The Balaban J connectivity index is 1.47. The molecule has 260 valence electrons. The third-order valence-corrected chi connectivity index (χ3v) is 7.33. The maximum absolute atomic E-state index is 13.6. The van der Waals surface area contributed by atoms with E-state index in [0.717, 1.165) is 12.8 Å². The lowest BCUT2D eigenvalue weighted by Crippen LogP contribution is -2.51. The molecule has 16 heteroatoms. The molecule has 1 aliphatic rings. The van der Waals surface area contributed by atoms with Crippen molar-refractivity contribution in [1.29, 1.82) is 0 Å². The van der Waals surface area contributed by atoms with E-state index in [4.69, 9.17) is 18.7 Å². The Hall–Kier alpha value is -5.51. The summed E-state index contributed by atoms with van der Waals surface area (Å²) in [5.41, 5.74) is -1.04. The zero-order chi connectivity index (χ0) is 35.7. The van der Waals surface area contributed by atoms with Crippen LogP contribution in [-0.2, 0) is 14.2 Å². The smallest absolute Gasteiger partial charge is 0.414 e. The standard InChI is InChI=1S/C33H40N8O8/c1-32(2,3)47-30(44)35-18-11-14-24(34-17-18)41-15-9-10-20(29(41)43)36-23-16-21(40(7)31(45)48-33(4,5)6)25-26(38-23)27(49-39-25)28(42)37-19-12-13-22(19)46-8/h9-11,14-17,19,22H,12-13H2,1-8H3,(H,35,44)(H,36,38)(H,37,42)/t19-,22-/m1/s1. The molecular weight excluding hydrogens is 636 g/mol. The van der Waals surface area contributed by atoms with Gasteiger partial charge in [0.15, 0.2) is 5.52 Å². The Labute approximate surface area is 282 Å². The molecule has 4 aromatic rings.